The summed E-state index contributed by atoms with van der Waals surface area (Å²) in [5, 5.41) is 4.61. The minimum Gasteiger partial charge on any atom is -0.497 e. The second kappa shape index (κ2) is 7.00. The zero-order chi connectivity index (χ0) is 17.1. The van der Waals surface area contributed by atoms with E-state index in [2.05, 4.69) is 5.32 Å². The summed E-state index contributed by atoms with van der Waals surface area (Å²) in [6.07, 6.45) is 2.74. The van der Waals surface area contributed by atoms with Crippen LogP contribution in [0.25, 0.3) is 0 Å². The summed E-state index contributed by atoms with van der Waals surface area (Å²) in [6.45, 7) is 0.679. The Morgan fingerprint density at radius 3 is 2.58 bits per heavy atom. The Morgan fingerprint density at radius 2 is 1.88 bits per heavy atom. The van der Waals surface area contributed by atoms with Crippen LogP contribution in [0.4, 0.5) is 5.69 Å². The van der Waals surface area contributed by atoms with Gasteiger partial charge in [-0.05, 0) is 37.1 Å². The fraction of sp³-hybridized carbons (Fsp3) is 0.471. The minimum atomic E-state index is -0.534. The molecular weight excluding hydrogens is 310 g/mol. The topological polar surface area (TPSA) is 92.3 Å². The first-order valence-corrected chi connectivity index (χ1v) is 8.23. The molecule has 0 aromatic heterocycles. The third-order valence-electron chi connectivity index (χ3n) is 4.55. The highest BCUT2D eigenvalue weighted by Gasteiger charge is 2.44. The SMILES string of the molecule is COc1ccc(N2C(=O)C[C@H]([NH2+][C@H]3CCCCNC3=O)C2=O)cc1. The summed E-state index contributed by atoms with van der Waals surface area (Å²) in [5.41, 5.74) is 0.534. The van der Waals surface area contributed by atoms with E-state index in [9.17, 15) is 14.4 Å². The highest BCUT2D eigenvalue weighted by molar-refractivity contribution is 6.21. The van der Waals surface area contributed by atoms with Gasteiger partial charge in [-0.25, -0.2) is 4.90 Å². The largest absolute Gasteiger partial charge is 0.497 e. The number of ether oxygens (including phenoxy) is 1. The van der Waals surface area contributed by atoms with E-state index in [1.807, 2.05) is 0 Å². The molecule has 0 spiro atoms. The van der Waals surface area contributed by atoms with Gasteiger partial charge >= 0.3 is 0 Å². The van der Waals surface area contributed by atoms with Crippen LogP contribution in [0.3, 0.4) is 0 Å². The molecular formula is C17H22N3O4+. The average Bonchev–Trinajstić information content (AvgIpc) is 2.73. The van der Waals surface area contributed by atoms with Crippen molar-refractivity contribution in [2.45, 2.75) is 37.8 Å². The summed E-state index contributed by atoms with van der Waals surface area (Å²) in [7, 11) is 1.56. The summed E-state index contributed by atoms with van der Waals surface area (Å²) in [4.78, 5) is 38.2. The quantitative estimate of drug-likeness (QED) is 0.731. The molecule has 0 saturated carbocycles. The predicted molar refractivity (Wildman–Crippen MR) is 86.5 cm³/mol. The molecule has 2 saturated heterocycles. The lowest BCUT2D eigenvalue weighted by molar-refractivity contribution is -0.696. The lowest BCUT2D eigenvalue weighted by Crippen LogP contribution is -2.98. The number of carbonyl (C=O) groups is 3. The number of imide groups is 1. The number of amides is 3. The van der Waals surface area contributed by atoms with E-state index < -0.39 is 6.04 Å². The molecule has 0 bridgehead atoms. The molecule has 2 aliphatic heterocycles. The first kappa shape index (κ1) is 16.4. The molecule has 0 unspecified atom stereocenters. The van der Waals surface area contributed by atoms with Crippen LogP contribution in [0.1, 0.15) is 25.7 Å². The van der Waals surface area contributed by atoms with Crippen molar-refractivity contribution in [3.05, 3.63) is 24.3 Å². The van der Waals surface area contributed by atoms with Gasteiger partial charge in [-0.3, -0.25) is 14.4 Å². The third kappa shape index (κ3) is 3.26. The fourth-order valence-corrected chi connectivity index (χ4v) is 3.24. The smallest absolute Gasteiger partial charge is 0.292 e. The maximum Gasteiger partial charge on any atom is 0.292 e. The van der Waals surface area contributed by atoms with E-state index in [0.29, 0.717) is 18.0 Å². The molecule has 0 radical (unpaired) electrons. The Balaban J connectivity index is 1.72. The van der Waals surface area contributed by atoms with E-state index in [4.69, 9.17) is 4.74 Å². The van der Waals surface area contributed by atoms with Crippen molar-refractivity contribution in [1.82, 2.24) is 5.32 Å². The first-order chi connectivity index (χ1) is 11.6. The van der Waals surface area contributed by atoms with Gasteiger partial charge in [-0.1, -0.05) is 0 Å². The van der Waals surface area contributed by atoms with Crippen LogP contribution < -0.4 is 20.3 Å². The second-order valence-electron chi connectivity index (χ2n) is 6.16. The number of nitrogens with two attached hydrogens (primary N) is 1. The summed E-state index contributed by atoms with van der Waals surface area (Å²) >= 11 is 0. The van der Waals surface area contributed by atoms with Gasteiger partial charge in [-0.2, -0.15) is 0 Å². The van der Waals surface area contributed by atoms with Crippen LogP contribution in [0, 0.1) is 0 Å². The van der Waals surface area contributed by atoms with Crippen molar-refractivity contribution in [3.8, 4) is 5.75 Å². The van der Waals surface area contributed by atoms with Crippen molar-refractivity contribution < 1.29 is 24.4 Å². The number of methoxy groups -OCH3 is 1. The van der Waals surface area contributed by atoms with Crippen LogP contribution in [0.15, 0.2) is 24.3 Å². The molecule has 1 aromatic carbocycles. The van der Waals surface area contributed by atoms with Crippen LogP contribution >= 0.6 is 0 Å². The Hall–Kier alpha value is -2.41. The summed E-state index contributed by atoms with van der Waals surface area (Å²) in [6, 6.07) is 5.97. The summed E-state index contributed by atoms with van der Waals surface area (Å²) in [5.74, 6) is 0.120. The van der Waals surface area contributed by atoms with Crippen molar-refractivity contribution in [3.63, 3.8) is 0 Å². The molecule has 2 fully saturated rings. The zero-order valence-electron chi connectivity index (χ0n) is 13.7. The highest BCUT2D eigenvalue weighted by atomic mass is 16.5. The number of anilines is 1. The van der Waals surface area contributed by atoms with Gasteiger partial charge in [-0.15, -0.1) is 0 Å². The molecule has 2 atom stereocenters. The maximum absolute atomic E-state index is 12.6. The first-order valence-electron chi connectivity index (χ1n) is 8.23. The number of hydrogen-bond acceptors (Lipinski definition) is 4. The van der Waals surface area contributed by atoms with Crippen molar-refractivity contribution >= 4 is 23.4 Å². The van der Waals surface area contributed by atoms with Gasteiger partial charge in [0.1, 0.15) is 5.75 Å². The van der Waals surface area contributed by atoms with Gasteiger partial charge in [0.15, 0.2) is 12.1 Å². The van der Waals surface area contributed by atoms with Gasteiger partial charge in [0, 0.05) is 13.0 Å². The highest BCUT2D eigenvalue weighted by Crippen LogP contribution is 2.24. The number of nitrogens with zero attached hydrogens (tertiary/aromatic N) is 1. The molecule has 3 rings (SSSR count). The van der Waals surface area contributed by atoms with E-state index >= 15 is 0 Å². The number of benzene rings is 1. The van der Waals surface area contributed by atoms with Crippen LogP contribution in [0.2, 0.25) is 0 Å². The van der Waals surface area contributed by atoms with Crippen molar-refractivity contribution in [2.24, 2.45) is 0 Å². The molecule has 2 aliphatic rings. The number of carbonyl (C=O) groups excluding carboxylic acids is 3. The lowest BCUT2D eigenvalue weighted by Gasteiger charge is -2.17. The molecule has 7 nitrogen and oxygen atoms in total. The monoisotopic (exact) mass is 332 g/mol. The molecule has 3 amide bonds. The fourth-order valence-electron chi connectivity index (χ4n) is 3.24. The Morgan fingerprint density at radius 1 is 1.12 bits per heavy atom. The Kier molecular flexibility index (Phi) is 4.80. The predicted octanol–water partition coefficient (Wildman–Crippen LogP) is -0.441. The number of hydrogen-bond donors (Lipinski definition) is 2. The number of rotatable bonds is 4. The Labute approximate surface area is 140 Å². The molecule has 7 heteroatoms. The van der Waals surface area contributed by atoms with Gasteiger partial charge in [0.25, 0.3) is 11.8 Å². The average molecular weight is 332 g/mol. The van der Waals surface area contributed by atoms with Gasteiger partial charge in [0.05, 0.1) is 19.2 Å². The maximum atomic E-state index is 12.6. The number of nitrogens with one attached hydrogen (secondary N) is 1. The standard InChI is InChI=1S/C17H21N3O4/c1-24-12-7-5-11(6-8-12)20-15(21)10-14(17(20)23)19-13-4-2-3-9-18-16(13)22/h5-8,13-14,19H,2-4,9-10H2,1H3,(H,18,22)/p+1/t13-,14-/m0/s1. The van der Waals surface area contributed by atoms with Gasteiger partial charge in [0.2, 0.25) is 5.91 Å². The van der Waals surface area contributed by atoms with Crippen molar-refractivity contribution in [2.75, 3.05) is 18.6 Å². The second-order valence-corrected chi connectivity index (χ2v) is 6.16. The van der Waals surface area contributed by atoms with E-state index in [1.165, 1.54) is 4.90 Å². The zero-order valence-corrected chi connectivity index (χ0v) is 13.7. The molecule has 128 valence electrons. The molecule has 1 aromatic rings. The van der Waals surface area contributed by atoms with E-state index in [0.717, 1.165) is 19.3 Å². The molecule has 3 N–H and O–H groups in total. The normalized spacial score (nSPS) is 24.7. The van der Waals surface area contributed by atoms with Crippen molar-refractivity contribution in [1.29, 1.82) is 0 Å². The third-order valence-corrected chi connectivity index (χ3v) is 4.55. The Bertz CT molecular complexity index is 644. The van der Waals surface area contributed by atoms with Crippen LogP contribution in [-0.2, 0) is 14.4 Å². The molecule has 24 heavy (non-hydrogen) atoms. The van der Waals surface area contributed by atoms with Crippen LogP contribution in [0.5, 0.6) is 5.75 Å². The van der Waals surface area contributed by atoms with E-state index in [1.54, 1.807) is 36.7 Å². The molecule has 2 heterocycles. The van der Waals surface area contributed by atoms with E-state index in [-0.39, 0.29) is 30.2 Å². The minimum absolute atomic E-state index is 0.0457. The van der Waals surface area contributed by atoms with Gasteiger partial charge < -0.3 is 15.4 Å². The van der Waals surface area contributed by atoms with Crippen LogP contribution in [-0.4, -0.2) is 43.5 Å². The summed E-state index contributed by atoms with van der Waals surface area (Å²) < 4.78 is 5.09. The lowest BCUT2D eigenvalue weighted by atomic mass is 10.1. The number of quaternary nitrogens is 1. The molecule has 0 aliphatic carbocycles.